The number of amides is 1. The van der Waals surface area contributed by atoms with E-state index in [-0.39, 0.29) is 0 Å². The average molecular weight is 346 g/mol. The summed E-state index contributed by atoms with van der Waals surface area (Å²) in [5.74, 6) is 1.41. The van der Waals surface area contributed by atoms with E-state index in [0.717, 1.165) is 60.1 Å². The van der Waals surface area contributed by atoms with Gasteiger partial charge in [0, 0.05) is 24.0 Å². The highest BCUT2D eigenvalue weighted by Gasteiger charge is 2.23. The molecule has 6 nitrogen and oxygen atoms in total. The summed E-state index contributed by atoms with van der Waals surface area (Å²) in [4.78, 5) is 12.5. The third kappa shape index (κ3) is 3.89. The minimum Gasteiger partial charge on any atom is -0.493 e. The van der Waals surface area contributed by atoms with Gasteiger partial charge in [0.25, 0.3) is 0 Å². The van der Waals surface area contributed by atoms with Gasteiger partial charge in [0.15, 0.2) is 5.58 Å². The van der Waals surface area contributed by atoms with Crippen LogP contribution in [0.2, 0.25) is 0 Å². The number of hydrogen-bond donors (Lipinski definition) is 1. The molecular weight excluding hydrogens is 320 g/mol. The van der Waals surface area contributed by atoms with E-state index in [2.05, 4.69) is 12.1 Å². The normalized spacial score (nSPS) is 15.7. The van der Waals surface area contributed by atoms with Crippen molar-refractivity contribution in [1.82, 2.24) is 10.1 Å². The molecule has 1 aliphatic rings. The second-order valence-electron chi connectivity index (χ2n) is 6.79. The number of likely N-dealkylation sites (tertiary alicyclic amines) is 1. The van der Waals surface area contributed by atoms with E-state index in [9.17, 15) is 4.79 Å². The van der Waals surface area contributed by atoms with Crippen LogP contribution >= 0.6 is 0 Å². The van der Waals surface area contributed by atoms with Crippen LogP contribution in [0.1, 0.15) is 43.9 Å². The highest BCUT2D eigenvalue weighted by atomic mass is 16.5. The van der Waals surface area contributed by atoms with Crippen molar-refractivity contribution in [3.05, 3.63) is 23.4 Å². The molecule has 0 spiro atoms. The zero-order valence-electron chi connectivity index (χ0n) is 15.0. The molecule has 0 aliphatic carbocycles. The molecule has 25 heavy (non-hydrogen) atoms. The Balaban J connectivity index is 1.63. The highest BCUT2D eigenvalue weighted by molar-refractivity contribution is 5.84. The Hall–Kier alpha value is -2.24. The lowest BCUT2D eigenvalue weighted by Gasteiger charge is -2.29. The number of rotatable bonds is 6. The lowest BCUT2D eigenvalue weighted by molar-refractivity contribution is 0.123. The second kappa shape index (κ2) is 7.76. The fourth-order valence-corrected chi connectivity index (χ4v) is 3.47. The van der Waals surface area contributed by atoms with Crippen molar-refractivity contribution >= 4 is 17.1 Å². The van der Waals surface area contributed by atoms with Crippen LogP contribution in [0.3, 0.4) is 0 Å². The minimum atomic E-state index is -0.808. The number of ether oxygens (including phenoxy) is 1. The zero-order valence-corrected chi connectivity index (χ0v) is 15.0. The van der Waals surface area contributed by atoms with Crippen LogP contribution in [0.15, 0.2) is 16.7 Å². The van der Waals surface area contributed by atoms with Crippen LogP contribution in [0.4, 0.5) is 4.79 Å². The van der Waals surface area contributed by atoms with Gasteiger partial charge in [0.05, 0.1) is 12.3 Å². The van der Waals surface area contributed by atoms with Crippen LogP contribution in [0, 0.1) is 12.8 Å². The van der Waals surface area contributed by atoms with Crippen LogP contribution in [0.5, 0.6) is 5.75 Å². The maximum Gasteiger partial charge on any atom is 0.407 e. The van der Waals surface area contributed by atoms with Gasteiger partial charge in [-0.1, -0.05) is 12.1 Å². The van der Waals surface area contributed by atoms with Crippen molar-refractivity contribution in [3.8, 4) is 5.75 Å². The molecule has 0 unspecified atom stereocenters. The molecule has 1 amide bonds. The summed E-state index contributed by atoms with van der Waals surface area (Å²) in [6.07, 6.45) is 3.89. The van der Waals surface area contributed by atoms with Gasteiger partial charge in [0.2, 0.25) is 0 Å². The Morgan fingerprint density at radius 2 is 2.16 bits per heavy atom. The van der Waals surface area contributed by atoms with E-state index >= 15 is 0 Å². The van der Waals surface area contributed by atoms with Crippen molar-refractivity contribution in [2.24, 2.45) is 5.92 Å². The van der Waals surface area contributed by atoms with Gasteiger partial charge in [-0.15, -0.1) is 0 Å². The molecule has 3 rings (SSSR count). The molecule has 1 aromatic heterocycles. The number of piperidine rings is 1. The van der Waals surface area contributed by atoms with Gasteiger partial charge in [-0.05, 0) is 57.1 Å². The van der Waals surface area contributed by atoms with E-state index in [1.54, 1.807) is 0 Å². The Bertz CT molecular complexity index is 732. The third-order valence-corrected chi connectivity index (χ3v) is 5.05. The molecule has 2 heterocycles. The topological polar surface area (TPSA) is 75.8 Å². The first-order valence-corrected chi connectivity index (χ1v) is 9.08. The number of benzene rings is 1. The molecule has 0 bridgehead atoms. The number of hydrogen-bond acceptors (Lipinski definition) is 4. The summed E-state index contributed by atoms with van der Waals surface area (Å²) < 4.78 is 11.3. The smallest absolute Gasteiger partial charge is 0.407 e. The van der Waals surface area contributed by atoms with Crippen LogP contribution < -0.4 is 4.74 Å². The maximum absolute atomic E-state index is 11.0. The van der Waals surface area contributed by atoms with Crippen molar-refractivity contribution in [3.63, 3.8) is 0 Å². The summed E-state index contributed by atoms with van der Waals surface area (Å²) in [7, 11) is 0. The number of aromatic nitrogens is 1. The molecule has 0 atom stereocenters. The molecule has 1 aromatic carbocycles. The number of carbonyl (C=O) groups is 1. The Morgan fingerprint density at radius 1 is 1.40 bits per heavy atom. The predicted molar refractivity (Wildman–Crippen MR) is 95.2 cm³/mol. The van der Waals surface area contributed by atoms with E-state index in [1.807, 2.05) is 19.1 Å². The summed E-state index contributed by atoms with van der Waals surface area (Å²) in [6.45, 7) is 6.06. The Kier molecular flexibility index (Phi) is 5.46. The quantitative estimate of drug-likeness (QED) is 0.846. The SMILES string of the molecule is CCCOc1ccc2c(CCC3CCN(C(=O)O)CC3)noc2c1C. The van der Waals surface area contributed by atoms with Gasteiger partial charge in [0.1, 0.15) is 5.75 Å². The van der Waals surface area contributed by atoms with Crippen molar-refractivity contribution in [2.45, 2.75) is 46.0 Å². The average Bonchev–Trinajstić information content (AvgIpc) is 3.03. The van der Waals surface area contributed by atoms with Gasteiger partial charge in [-0.2, -0.15) is 0 Å². The molecule has 6 heteroatoms. The number of carboxylic acid groups (broad SMARTS) is 1. The summed E-state index contributed by atoms with van der Waals surface area (Å²) in [5.41, 5.74) is 2.80. The standard InChI is InChI=1S/C19H26N2O4/c1-3-12-24-17-7-5-15-16(20-25-18(15)13(17)2)6-4-14-8-10-21(11-9-14)19(22)23/h5,7,14H,3-4,6,8-12H2,1-2H3,(H,22,23). The predicted octanol–water partition coefficient (Wildman–Crippen LogP) is 4.25. The highest BCUT2D eigenvalue weighted by Crippen LogP contribution is 2.31. The Labute approximate surface area is 147 Å². The molecule has 2 aromatic rings. The van der Waals surface area contributed by atoms with E-state index in [0.29, 0.717) is 25.6 Å². The Morgan fingerprint density at radius 3 is 2.84 bits per heavy atom. The van der Waals surface area contributed by atoms with Gasteiger partial charge in [-0.25, -0.2) is 4.79 Å². The van der Waals surface area contributed by atoms with Crippen LogP contribution in [-0.2, 0) is 6.42 Å². The molecule has 0 saturated carbocycles. The summed E-state index contributed by atoms with van der Waals surface area (Å²) in [6, 6.07) is 4.03. The van der Waals surface area contributed by atoms with Gasteiger partial charge < -0.3 is 19.3 Å². The molecule has 1 fully saturated rings. The monoisotopic (exact) mass is 346 g/mol. The van der Waals surface area contributed by atoms with Gasteiger partial charge in [-0.3, -0.25) is 0 Å². The zero-order chi connectivity index (χ0) is 17.8. The third-order valence-electron chi connectivity index (χ3n) is 5.05. The van der Waals surface area contributed by atoms with E-state index < -0.39 is 6.09 Å². The van der Waals surface area contributed by atoms with Gasteiger partial charge >= 0.3 is 6.09 Å². The maximum atomic E-state index is 11.0. The lowest BCUT2D eigenvalue weighted by Crippen LogP contribution is -2.37. The number of aryl methyl sites for hydroxylation is 2. The van der Waals surface area contributed by atoms with Crippen molar-refractivity contribution in [1.29, 1.82) is 0 Å². The fourth-order valence-electron chi connectivity index (χ4n) is 3.47. The van der Waals surface area contributed by atoms with E-state index in [4.69, 9.17) is 14.4 Å². The summed E-state index contributed by atoms with van der Waals surface area (Å²) in [5, 5.41) is 14.3. The molecule has 1 N–H and O–H groups in total. The molecule has 1 saturated heterocycles. The van der Waals surface area contributed by atoms with Crippen LogP contribution in [0.25, 0.3) is 11.0 Å². The molecule has 1 aliphatic heterocycles. The minimum absolute atomic E-state index is 0.551. The number of nitrogens with zero attached hydrogens (tertiary/aromatic N) is 2. The number of fused-ring (bicyclic) bond motifs is 1. The van der Waals surface area contributed by atoms with Crippen molar-refractivity contribution in [2.75, 3.05) is 19.7 Å². The largest absolute Gasteiger partial charge is 0.493 e. The van der Waals surface area contributed by atoms with Crippen LogP contribution in [-0.4, -0.2) is 41.0 Å². The molecule has 136 valence electrons. The first kappa shape index (κ1) is 17.6. The summed E-state index contributed by atoms with van der Waals surface area (Å²) >= 11 is 0. The first-order chi connectivity index (χ1) is 12.1. The van der Waals surface area contributed by atoms with Crippen molar-refractivity contribution < 1.29 is 19.2 Å². The lowest BCUT2D eigenvalue weighted by atomic mass is 9.91. The first-order valence-electron chi connectivity index (χ1n) is 9.08. The fraction of sp³-hybridized carbons (Fsp3) is 0.579. The molecule has 0 radical (unpaired) electrons. The second-order valence-corrected chi connectivity index (χ2v) is 6.79. The van der Waals surface area contributed by atoms with E-state index in [1.165, 1.54) is 4.90 Å². The molecular formula is C19H26N2O4.